The van der Waals surface area contributed by atoms with Crippen molar-refractivity contribution in [3.05, 3.63) is 0 Å². The van der Waals surface area contributed by atoms with Crippen molar-refractivity contribution in [2.45, 2.75) is 0 Å². The zero-order chi connectivity index (χ0) is 21.9. The van der Waals surface area contributed by atoms with E-state index in [9.17, 15) is 4.57 Å². The van der Waals surface area contributed by atoms with Gasteiger partial charge in [0.2, 0.25) is 0 Å². The van der Waals surface area contributed by atoms with Crippen molar-refractivity contribution in [1.82, 2.24) is 0 Å². The first-order valence-corrected chi connectivity index (χ1v) is 19.9. The molecule has 0 aliphatic heterocycles. The Morgan fingerprint density at radius 3 is 0.964 bits per heavy atom. The second-order valence-corrected chi connectivity index (χ2v) is 14.1. The van der Waals surface area contributed by atoms with Gasteiger partial charge in [-0.15, -0.1) is 0 Å². The predicted molar refractivity (Wildman–Crippen MR) is 156 cm³/mol. The highest BCUT2D eigenvalue weighted by atomic mass is 79.9. The maximum Gasteiger partial charge on any atom is 0.331 e. The Kier molecular flexibility index (Phi) is 18.8. The Hall–Kier alpha value is 4.47. The summed E-state index contributed by atoms with van der Waals surface area (Å²) in [6, 6.07) is 0. The van der Waals surface area contributed by atoms with Gasteiger partial charge in [-0.25, -0.2) is 0 Å². The molecular weight excluding hydrogens is 978 g/mol. The fourth-order valence-corrected chi connectivity index (χ4v) is 14.9. The summed E-state index contributed by atoms with van der Waals surface area (Å²) < 4.78 is 26.1. The molecule has 13 heteroatoms. The third-order valence-electron chi connectivity index (χ3n) is 4.22. The first-order valence-electron chi connectivity index (χ1n) is 8.09. The number of hydrogen-bond donors (Lipinski definition) is 0. The average Bonchev–Trinajstić information content (AvgIpc) is 2.75. The van der Waals surface area contributed by atoms with Gasteiger partial charge < -0.3 is 9.05 Å². The molecule has 28 heavy (non-hydrogen) atoms. The van der Waals surface area contributed by atoms with E-state index in [4.69, 9.17) is 9.05 Å². The molecule has 0 bridgehead atoms. The lowest BCUT2D eigenvalue weighted by molar-refractivity contribution is 0.130. The lowest BCUT2D eigenvalue weighted by Crippen LogP contribution is -2.37. The second kappa shape index (κ2) is 16.2. The summed E-state index contributed by atoms with van der Waals surface area (Å²) in [5.41, 5.74) is -0.707. The normalized spacial score (nSPS) is 13.9. The molecule has 0 radical (unpaired) electrons. The van der Waals surface area contributed by atoms with Crippen molar-refractivity contribution >= 4 is 151 Å². The summed E-state index contributed by atoms with van der Waals surface area (Å²) >= 11 is 32.1. The molecule has 170 valence electrons. The fourth-order valence-electron chi connectivity index (χ4n) is 1.69. The molecule has 0 N–H and O–H groups in total. The third-order valence-corrected chi connectivity index (χ3v) is 17.0. The molecule has 0 amide bonds. The third kappa shape index (κ3) is 9.99. The van der Waals surface area contributed by atoms with Crippen LogP contribution in [0.3, 0.4) is 0 Å². The molecule has 0 rings (SSSR count). The van der Waals surface area contributed by atoms with Gasteiger partial charge in [0, 0.05) is 64.2 Å². The van der Waals surface area contributed by atoms with Crippen LogP contribution in [0.4, 0.5) is 0 Å². The quantitative estimate of drug-likeness (QED) is 0.108. The standard InChI is InChI=1S/C15H24Br9O3P/c16-1-13(2-17,3-18)10-26-28(25,12-15(7-22,8-23)9-24)27-11-14(4-19,5-20)6-21/h1-12H2. The van der Waals surface area contributed by atoms with E-state index < -0.39 is 7.60 Å². The Labute approximate surface area is 244 Å². The van der Waals surface area contributed by atoms with Gasteiger partial charge in [-0.2, -0.15) is 0 Å². The van der Waals surface area contributed by atoms with Gasteiger partial charge in [0.1, 0.15) is 0 Å². The minimum absolute atomic E-state index is 0.212. The molecule has 3 nitrogen and oxygen atoms in total. The molecule has 0 saturated carbocycles. The molecule has 0 unspecified atom stereocenters. The zero-order valence-corrected chi connectivity index (χ0v) is 30.2. The second-order valence-electron chi connectivity index (χ2n) is 7.02. The van der Waals surface area contributed by atoms with Crippen LogP contribution in [-0.4, -0.2) is 67.3 Å². The Balaban J connectivity index is 5.66. The molecule has 0 fully saturated rings. The van der Waals surface area contributed by atoms with E-state index in [2.05, 4.69) is 143 Å². The fraction of sp³-hybridized carbons (Fsp3) is 1.00. The number of alkyl halides is 9. The van der Waals surface area contributed by atoms with Crippen LogP contribution < -0.4 is 0 Å². The van der Waals surface area contributed by atoms with Gasteiger partial charge >= 0.3 is 7.60 Å². The van der Waals surface area contributed by atoms with Gasteiger partial charge in [0.15, 0.2) is 0 Å². The SMILES string of the molecule is O=P(CC(CBr)(CBr)CBr)(OCC(CBr)(CBr)CBr)OCC(CBr)(CBr)CBr. The lowest BCUT2D eigenvalue weighted by Gasteiger charge is -2.36. The molecule has 0 atom stereocenters. The minimum atomic E-state index is -3.38. The summed E-state index contributed by atoms with van der Waals surface area (Å²) in [5, 5.41) is 6.30. The van der Waals surface area contributed by atoms with Crippen molar-refractivity contribution < 1.29 is 13.6 Å². The van der Waals surface area contributed by atoms with Crippen LogP contribution in [-0.2, 0) is 13.6 Å². The molecule has 0 heterocycles. The molecule has 0 aromatic carbocycles. The first kappa shape index (κ1) is 32.5. The lowest BCUT2D eigenvalue weighted by atomic mass is 9.98. The maximum atomic E-state index is 13.9. The van der Waals surface area contributed by atoms with Crippen LogP contribution in [0.1, 0.15) is 0 Å². The monoisotopic (exact) mass is 993 g/mol. The van der Waals surface area contributed by atoms with Crippen molar-refractivity contribution in [1.29, 1.82) is 0 Å². The van der Waals surface area contributed by atoms with Gasteiger partial charge in [-0.1, -0.05) is 143 Å². The van der Waals surface area contributed by atoms with Gasteiger partial charge in [0.25, 0.3) is 0 Å². The highest BCUT2D eigenvalue weighted by Gasteiger charge is 2.42. The Bertz CT molecular complexity index is 419. The largest absolute Gasteiger partial charge is 0.331 e. The first-order chi connectivity index (χ1) is 13.2. The van der Waals surface area contributed by atoms with Crippen molar-refractivity contribution in [2.24, 2.45) is 16.2 Å². The Morgan fingerprint density at radius 2 is 0.750 bits per heavy atom. The van der Waals surface area contributed by atoms with Crippen LogP contribution in [0.5, 0.6) is 0 Å². The van der Waals surface area contributed by atoms with Crippen LogP contribution in [0.25, 0.3) is 0 Å². The summed E-state index contributed by atoms with van der Waals surface area (Å²) in [4.78, 5) is 0. The number of halogens is 9. The highest BCUT2D eigenvalue weighted by Crippen LogP contribution is 2.56. The van der Waals surface area contributed by atoms with Gasteiger partial charge in [-0.3, -0.25) is 4.57 Å². The average molecular weight is 1000 g/mol. The zero-order valence-electron chi connectivity index (χ0n) is 15.1. The van der Waals surface area contributed by atoms with Gasteiger partial charge in [-0.05, 0) is 0 Å². The van der Waals surface area contributed by atoms with E-state index in [-0.39, 0.29) is 16.2 Å². The number of rotatable bonds is 17. The van der Waals surface area contributed by atoms with E-state index in [1.807, 2.05) is 0 Å². The molecule has 0 spiro atoms. The molecule has 0 aliphatic carbocycles. The smallest absolute Gasteiger partial charge is 0.308 e. The van der Waals surface area contributed by atoms with Crippen molar-refractivity contribution in [2.75, 3.05) is 67.3 Å². The van der Waals surface area contributed by atoms with Crippen molar-refractivity contribution in [3.8, 4) is 0 Å². The summed E-state index contributed by atoms with van der Waals surface area (Å²) in [6.07, 6.45) is 0.313. The van der Waals surface area contributed by atoms with Gasteiger partial charge in [0.05, 0.1) is 19.4 Å². The predicted octanol–water partition coefficient (Wildman–Crippen LogP) is 8.73. The number of hydrogen-bond acceptors (Lipinski definition) is 3. The van der Waals surface area contributed by atoms with Crippen LogP contribution in [0.15, 0.2) is 0 Å². The molecule has 0 aromatic heterocycles. The minimum Gasteiger partial charge on any atom is -0.308 e. The molecule has 0 saturated heterocycles. The Morgan fingerprint density at radius 1 is 0.500 bits per heavy atom. The van der Waals surface area contributed by atoms with E-state index in [0.717, 1.165) is 0 Å². The van der Waals surface area contributed by atoms with Crippen LogP contribution in [0, 0.1) is 16.2 Å². The van der Waals surface area contributed by atoms with E-state index in [1.165, 1.54) is 0 Å². The topological polar surface area (TPSA) is 35.5 Å². The van der Waals surface area contributed by atoms with Crippen LogP contribution in [0.2, 0.25) is 0 Å². The molecular formula is C15H24Br9O3P. The summed E-state index contributed by atoms with van der Waals surface area (Å²) in [6.45, 7) is 0.637. The van der Waals surface area contributed by atoms with E-state index in [0.29, 0.717) is 67.3 Å². The van der Waals surface area contributed by atoms with Crippen molar-refractivity contribution in [3.63, 3.8) is 0 Å². The molecule has 0 aliphatic rings. The summed E-state index contributed by atoms with van der Waals surface area (Å²) in [7, 11) is -3.38. The maximum absolute atomic E-state index is 13.9. The molecule has 0 aromatic rings. The summed E-state index contributed by atoms with van der Waals surface area (Å²) in [5.74, 6) is 0. The highest BCUT2D eigenvalue weighted by molar-refractivity contribution is 9.11. The van der Waals surface area contributed by atoms with E-state index >= 15 is 0 Å². The van der Waals surface area contributed by atoms with E-state index in [1.54, 1.807) is 0 Å². The van der Waals surface area contributed by atoms with Crippen LogP contribution >= 0.6 is 151 Å².